The van der Waals surface area contributed by atoms with Gasteiger partial charge in [-0.3, -0.25) is 4.79 Å². The molecule has 26 heavy (non-hydrogen) atoms. The van der Waals surface area contributed by atoms with Crippen LogP contribution in [-0.2, 0) is 0 Å². The van der Waals surface area contributed by atoms with E-state index in [0.717, 1.165) is 36.8 Å². The summed E-state index contributed by atoms with van der Waals surface area (Å²) in [6, 6.07) is 16.0. The van der Waals surface area contributed by atoms with Crippen LogP contribution in [0.15, 0.2) is 57.9 Å². The minimum atomic E-state index is 0.530. The summed E-state index contributed by atoms with van der Waals surface area (Å²) < 4.78 is 3.82. The van der Waals surface area contributed by atoms with Gasteiger partial charge in [-0.1, -0.05) is 30.3 Å². The van der Waals surface area contributed by atoms with Crippen LogP contribution in [0.3, 0.4) is 0 Å². The van der Waals surface area contributed by atoms with Gasteiger partial charge in [0.05, 0.1) is 27.0 Å². The third-order valence-corrected chi connectivity index (χ3v) is 6.33. The van der Waals surface area contributed by atoms with Crippen LogP contribution in [0.1, 0.15) is 16.1 Å². The molecule has 0 radical (unpaired) electrons. The SMILES string of the molecule is Cc1nn2c(nc(Sc3nc4ccccc4s3)c3ccccc32)c1C=O. The lowest BCUT2D eigenvalue weighted by Gasteiger charge is -2.06. The molecule has 0 saturated carbocycles. The van der Waals surface area contributed by atoms with Gasteiger partial charge < -0.3 is 0 Å². The molecular formula is C19H12N4OS2. The number of benzene rings is 2. The Hall–Kier alpha value is -2.77. The van der Waals surface area contributed by atoms with Crippen LogP contribution in [0.5, 0.6) is 0 Å². The second kappa shape index (κ2) is 5.89. The fourth-order valence-corrected chi connectivity index (χ4v) is 5.09. The van der Waals surface area contributed by atoms with E-state index in [4.69, 9.17) is 9.97 Å². The van der Waals surface area contributed by atoms with E-state index >= 15 is 0 Å². The van der Waals surface area contributed by atoms with Crippen molar-refractivity contribution in [3.05, 3.63) is 59.8 Å². The molecule has 0 N–H and O–H groups in total. The Balaban J connectivity index is 1.76. The fraction of sp³-hybridized carbons (Fsp3) is 0.0526. The molecular weight excluding hydrogens is 364 g/mol. The fourth-order valence-electron chi connectivity index (χ4n) is 2.99. The molecule has 0 spiro atoms. The van der Waals surface area contributed by atoms with E-state index in [1.165, 1.54) is 11.8 Å². The van der Waals surface area contributed by atoms with E-state index in [2.05, 4.69) is 11.2 Å². The lowest BCUT2D eigenvalue weighted by Crippen LogP contribution is -1.96. The van der Waals surface area contributed by atoms with Crippen molar-refractivity contribution < 1.29 is 4.79 Å². The minimum absolute atomic E-state index is 0.530. The highest BCUT2D eigenvalue weighted by molar-refractivity contribution is 8.01. The van der Waals surface area contributed by atoms with Crippen LogP contribution in [0.4, 0.5) is 0 Å². The molecule has 126 valence electrons. The number of aldehydes is 1. The molecule has 0 atom stereocenters. The van der Waals surface area contributed by atoms with Crippen molar-refractivity contribution in [1.82, 2.24) is 19.6 Å². The summed E-state index contributed by atoms with van der Waals surface area (Å²) in [5, 5.41) is 6.31. The molecule has 0 aliphatic rings. The van der Waals surface area contributed by atoms with Crippen LogP contribution in [-0.4, -0.2) is 25.9 Å². The van der Waals surface area contributed by atoms with Crippen LogP contribution >= 0.6 is 23.1 Å². The number of carbonyl (C=O) groups excluding carboxylic acids is 1. The van der Waals surface area contributed by atoms with Crippen molar-refractivity contribution in [2.75, 3.05) is 0 Å². The van der Waals surface area contributed by atoms with Gasteiger partial charge >= 0.3 is 0 Å². The number of hydrogen-bond donors (Lipinski definition) is 0. The molecule has 5 nitrogen and oxygen atoms in total. The van der Waals surface area contributed by atoms with Gasteiger partial charge in [0.1, 0.15) is 5.03 Å². The van der Waals surface area contributed by atoms with Crippen LogP contribution in [0, 0.1) is 6.92 Å². The van der Waals surface area contributed by atoms with Gasteiger partial charge in [-0.25, -0.2) is 14.5 Å². The highest BCUT2D eigenvalue weighted by atomic mass is 32.2. The van der Waals surface area contributed by atoms with E-state index in [0.29, 0.717) is 16.9 Å². The third kappa shape index (κ3) is 2.32. The number of rotatable bonds is 3. The number of fused-ring (bicyclic) bond motifs is 4. The topological polar surface area (TPSA) is 60.1 Å². The zero-order valence-electron chi connectivity index (χ0n) is 13.7. The van der Waals surface area contributed by atoms with Crippen molar-refractivity contribution in [1.29, 1.82) is 0 Å². The summed E-state index contributed by atoms with van der Waals surface area (Å²) in [6.45, 7) is 1.83. The number of thiazole rings is 1. The Morgan fingerprint density at radius 3 is 2.73 bits per heavy atom. The van der Waals surface area contributed by atoms with Crippen molar-refractivity contribution >= 4 is 56.2 Å². The third-order valence-electron chi connectivity index (χ3n) is 4.23. The number of hydrogen-bond acceptors (Lipinski definition) is 6. The van der Waals surface area contributed by atoms with E-state index in [1.807, 2.05) is 49.4 Å². The molecule has 2 aromatic carbocycles. The maximum Gasteiger partial charge on any atom is 0.167 e. The standard InChI is InChI=1S/C19H12N4OS2/c1-11-13(10-24)17-21-18(12-6-2-4-8-15(12)23(17)22-11)26-19-20-14-7-3-5-9-16(14)25-19/h2-10H,1H3. The van der Waals surface area contributed by atoms with Gasteiger partial charge in [-0.15, -0.1) is 11.3 Å². The van der Waals surface area contributed by atoms with Gasteiger partial charge in [0.25, 0.3) is 0 Å². The lowest BCUT2D eigenvalue weighted by atomic mass is 10.2. The number of aromatic nitrogens is 4. The maximum absolute atomic E-state index is 11.5. The predicted octanol–water partition coefficient (Wildman–Crippen LogP) is 4.76. The molecule has 5 rings (SSSR count). The second-order valence-electron chi connectivity index (χ2n) is 5.84. The molecule has 7 heteroatoms. The summed E-state index contributed by atoms with van der Waals surface area (Å²) in [4.78, 5) is 21.0. The number of carbonyl (C=O) groups is 1. The van der Waals surface area contributed by atoms with Crippen molar-refractivity contribution in [2.45, 2.75) is 16.3 Å². The summed E-state index contributed by atoms with van der Waals surface area (Å²) in [7, 11) is 0. The average molecular weight is 376 g/mol. The summed E-state index contributed by atoms with van der Waals surface area (Å²) in [5.41, 5.74) is 3.71. The van der Waals surface area contributed by atoms with E-state index in [1.54, 1.807) is 15.9 Å². The Labute approximate surface area is 156 Å². The Morgan fingerprint density at radius 1 is 1.08 bits per heavy atom. The Kier molecular flexibility index (Phi) is 3.51. The zero-order chi connectivity index (χ0) is 17.7. The maximum atomic E-state index is 11.5. The van der Waals surface area contributed by atoms with Crippen LogP contribution < -0.4 is 0 Å². The highest BCUT2D eigenvalue weighted by Crippen LogP contribution is 2.37. The number of aryl methyl sites for hydroxylation is 1. The van der Waals surface area contributed by atoms with Gasteiger partial charge in [-0.2, -0.15) is 5.10 Å². The molecule has 3 heterocycles. The molecule has 0 amide bonds. The monoisotopic (exact) mass is 376 g/mol. The van der Waals surface area contributed by atoms with Gasteiger partial charge in [-0.05, 0) is 36.9 Å². The highest BCUT2D eigenvalue weighted by Gasteiger charge is 2.17. The van der Waals surface area contributed by atoms with Crippen molar-refractivity contribution in [3.63, 3.8) is 0 Å². The molecule has 0 aliphatic heterocycles. The van der Waals surface area contributed by atoms with E-state index in [-0.39, 0.29) is 0 Å². The molecule has 0 fully saturated rings. The molecule has 0 aliphatic carbocycles. The first-order valence-corrected chi connectivity index (χ1v) is 9.64. The minimum Gasteiger partial charge on any atom is -0.298 e. The first kappa shape index (κ1) is 15.5. The summed E-state index contributed by atoms with van der Waals surface area (Å²) in [6.07, 6.45) is 0.825. The normalized spacial score (nSPS) is 11.6. The smallest absolute Gasteiger partial charge is 0.167 e. The first-order valence-electron chi connectivity index (χ1n) is 8.01. The van der Waals surface area contributed by atoms with Crippen molar-refractivity contribution in [3.8, 4) is 0 Å². The van der Waals surface area contributed by atoms with Gasteiger partial charge in [0.15, 0.2) is 16.3 Å². The van der Waals surface area contributed by atoms with E-state index in [9.17, 15) is 4.79 Å². The average Bonchev–Trinajstić information content (AvgIpc) is 3.21. The number of nitrogens with zero attached hydrogens (tertiary/aromatic N) is 4. The largest absolute Gasteiger partial charge is 0.298 e. The molecule has 5 aromatic rings. The van der Waals surface area contributed by atoms with Crippen LogP contribution in [0.25, 0.3) is 26.8 Å². The molecule has 0 bridgehead atoms. The Morgan fingerprint density at radius 2 is 1.88 bits per heavy atom. The first-order chi connectivity index (χ1) is 12.7. The van der Waals surface area contributed by atoms with Crippen molar-refractivity contribution in [2.24, 2.45) is 0 Å². The molecule has 0 unspecified atom stereocenters. The summed E-state index contributed by atoms with van der Waals surface area (Å²) in [5.74, 6) is 0. The summed E-state index contributed by atoms with van der Waals surface area (Å²) >= 11 is 3.17. The van der Waals surface area contributed by atoms with Gasteiger partial charge in [0.2, 0.25) is 0 Å². The van der Waals surface area contributed by atoms with Gasteiger partial charge in [0, 0.05) is 5.39 Å². The quantitative estimate of drug-likeness (QED) is 0.335. The Bertz CT molecular complexity index is 1270. The molecule has 0 saturated heterocycles. The van der Waals surface area contributed by atoms with E-state index < -0.39 is 0 Å². The molecule has 3 aromatic heterocycles. The lowest BCUT2D eigenvalue weighted by molar-refractivity contribution is 0.112. The predicted molar refractivity (Wildman–Crippen MR) is 104 cm³/mol. The second-order valence-corrected chi connectivity index (χ2v) is 8.10. The number of para-hydroxylation sites is 2. The van der Waals surface area contributed by atoms with Crippen LogP contribution in [0.2, 0.25) is 0 Å². The zero-order valence-corrected chi connectivity index (χ0v) is 15.3.